The summed E-state index contributed by atoms with van der Waals surface area (Å²) in [7, 11) is 0. The third-order valence-corrected chi connectivity index (χ3v) is 4.40. The third-order valence-electron chi connectivity index (χ3n) is 4.40. The van der Waals surface area contributed by atoms with E-state index in [9.17, 15) is 9.59 Å². The van der Waals surface area contributed by atoms with Crippen molar-refractivity contribution in [1.29, 1.82) is 0 Å². The number of ether oxygens (including phenoxy) is 1. The van der Waals surface area contributed by atoms with Crippen molar-refractivity contribution >= 4 is 11.9 Å². The van der Waals surface area contributed by atoms with Gasteiger partial charge in [-0.25, -0.2) is 0 Å². The SMILES string of the molecule is CCOC(=O)[C@H](C)N1CCN(CC(=O)N2CCCC2)CC1. The number of carbonyl (C=O) groups is 2. The van der Waals surface area contributed by atoms with Crippen molar-refractivity contribution in [2.75, 3.05) is 52.4 Å². The highest BCUT2D eigenvalue weighted by molar-refractivity contribution is 5.78. The number of rotatable bonds is 5. The number of hydrogen-bond acceptors (Lipinski definition) is 5. The van der Waals surface area contributed by atoms with Crippen LogP contribution in [0.2, 0.25) is 0 Å². The molecule has 2 aliphatic rings. The lowest BCUT2D eigenvalue weighted by molar-refractivity contribution is -0.150. The number of piperazine rings is 1. The Labute approximate surface area is 127 Å². The van der Waals surface area contributed by atoms with Gasteiger partial charge in [0.1, 0.15) is 6.04 Å². The number of esters is 1. The van der Waals surface area contributed by atoms with Crippen molar-refractivity contribution in [3.05, 3.63) is 0 Å². The van der Waals surface area contributed by atoms with Gasteiger partial charge in [0, 0.05) is 39.3 Å². The molecule has 0 N–H and O–H groups in total. The summed E-state index contributed by atoms with van der Waals surface area (Å²) in [6, 6.07) is -0.193. The van der Waals surface area contributed by atoms with Gasteiger partial charge >= 0.3 is 5.97 Å². The summed E-state index contributed by atoms with van der Waals surface area (Å²) in [6.45, 7) is 9.79. The van der Waals surface area contributed by atoms with Gasteiger partial charge in [0.05, 0.1) is 13.2 Å². The Hall–Kier alpha value is -1.14. The Morgan fingerprint density at radius 3 is 2.24 bits per heavy atom. The molecule has 0 spiro atoms. The summed E-state index contributed by atoms with van der Waals surface area (Å²) in [6.07, 6.45) is 2.27. The molecular formula is C15H27N3O3. The maximum atomic E-state index is 12.1. The lowest BCUT2D eigenvalue weighted by atomic mass is 10.2. The van der Waals surface area contributed by atoms with Crippen LogP contribution in [0.5, 0.6) is 0 Å². The van der Waals surface area contributed by atoms with Crippen LogP contribution < -0.4 is 0 Å². The fourth-order valence-corrected chi connectivity index (χ4v) is 2.98. The van der Waals surface area contributed by atoms with E-state index in [1.807, 2.05) is 18.7 Å². The van der Waals surface area contributed by atoms with E-state index in [1.165, 1.54) is 0 Å². The minimum atomic E-state index is -0.193. The average molecular weight is 297 g/mol. The molecule has 2 rings (SSSR count). The second kappa shape index (κ2) is 7.75. The second-order valence-electron chi connectivity index (χ2n) is 5.83. The van der Waals surface area contributed by atoms with Crippen molar-refractivity contribution in [2.45, 2.75) is 32.7 Å². The minimum Gasteiger partial charge on any atom is -0.465 e. The van der Waals surface area contributed by atoms with Crippen molar-refractivity contribution in [3.63, 3.8) is 0 Å². The van der Waals surface area contributed by atoms with Gasteiger partial charge in [-0.05, 0) is 26.7 Å². The van der Waals surface area contributed by atoms with Crippen LogP contribution in [0, 0.1) is 0 Å². The van der Waals surface area contributed by atoms with Crippen LogP contribution in [0.4, 0.5) is 0 Å². The van der Waals surface area contributed by atoms with Crippen molar-refractivity contribution in [2.24, 2.45) is 0 Å². The molecule has 0 unspecified atom stereocenters. The zero-order valence-electron chi connectivity index (χ0n) is 13.2. The molecular weight excluding hydrogens is 270 g/mol. The zero-order chi connectivity index (χ0) is 15.2. The first-order valence-electron chi connectivity index (χ1n) is 8.02. The van der Waals surface area contributed by atoms with E-state index in [-0.39, 0.29) is 17.9 Å². The molecule has 0 radical (unpaired) electrons. The predicted molar refractivity (Wildman–Crippen MR) is 79.9 cm³/mol. The largest absolute Gasteiger partial charge is 0.465 e. The lowest BCUT2D eigenvalue weighted by Crippen LogP contribution is -2.53. The monoisotopic (exact) mass is 297 g/mol. The number of likely N-dealkylation sites (tertiary alicyclic amines) is 1. The summed E-state index contributed by atoms with van der Waals surface area (Å²) in [5.41, 5.74) is 0. The van der Waals surface area contributed by atoms with E-state index in [0.717, 1.165) is 52.1 Å². The topological polar surface area (TPSA) is 53.1 Å². The lowest BCUT2D eigenvalue weighted by Gasteiger charge is -2.37. The Morgan fingerprint density at radius 2 is 1.67 bits per heavy atom. The molecule has 1 amide bonds. The molecule has 2 fully saturated rings. The van der Waals surface area contributed by atoms with E-state index in [0.29, 0.717) is 13.2 Å². The molecule has 0 aliphatic carbocycles. The Kier molecular flexibility index (Phi) is 5.99. The van der Waals surface area contributed by atoms with Crippen molar-refractivity contribution < 1.29 is 14.3 Å². The Balaban J connectivity index is 1.72. The summed E-state index contributed by atoms with van der Waals surface area (Å²) >= 11 is 0. The number of nitrogens with zero attached hydrogens (tertiary/aromatic N) is 3. The Bertz CT molecular complexity index is 361. The average Bonchev–Trinajstić information content (AvgIpc) is 3.02. The molecule has 0 aromatic carbocycles. The number of carbonyl (C=O) groups excluding carboxylic acids is 2. The van der Waals surface area contributed by atoms with Gasteiger partial charge in [-0.2, -0.15) is 0 Å². The van der Waals surface area contributed by atoms with Crippen LogP contribution in [-0.2, 0) is 14.3 Å². The first kappa shape index (κ1) is 16.2. The molecule has 2 heterocycles. The summed E-state index contributed by atoms with van der Waals surface area (Å²) in [5.74, 6) is 0.0958. The standard InChI is InChI=1S/C15H27N3O3/c1-3-21-15(20)13(2)17-10-8-16(9-11-17)12-14(19)18-6-4-5-7-18/h13H,3-12H2,1-2H3/t13-/m0/s1. The highest BCUT2D eigenvalue weighted by atomic mass is 16.5. The molecule has 0 aromatic heterocycles. The minimum absolute atomic E-state index is 0.154. The molecule has 0 bridgehead atoms. The predicted octanol–water partition coefficient (Wildman–Crippen LogP) is 0.178. The second-order valence-corrected chi connectivity index (χ2v) is 5.83. The molecule has 0 aromatic rings. The number of amides is 1. The number of hydrogen-bond donors (Lipinski definition) is 0. The summed E-state index contributed by atoms with van der Waals surface area (Å²) in [4.78, 5) is 30.1. The van der Waals surface area contributed by atoms with Crippen LogP contribution >= 0.6 is 0 Å². The van der Waals surface area contributed by atoms with E-state index >= 15 is 0 Å². The van der Waals surface area contributed by atoms with Gasteiger partial charge in [-0.3, -0.25) is 19.4 Å². The zero-order valence-corrected chi connectivity index (χ0v) is 13.2. The molecule has 6 heteroatoms. The molecule has 21 heavy (non-hydrogen) atoms. The van der Waals surface area contributed by atoms with Gasteiger partial charge in [0.25, 0.3) is 0 Å². The molecule has 120 valence electrons. The summed E-state index contributed by atoms with van der Waals surface area (Å²) < 4.78 is 5.06. The molecule has 2 aliphatic heterocycles. The normalized spacial score (nSPS) is 22.3. The van der Waals surface area contributed by atoms with E-state index in [4.69, 9.17) is 4.74 Å². The van der Waals surface area contributed by atoms with Crippen LogP contribution in [0.25, 0.3) is 0 Å². The van der Waals surface area contributed by atoms with Crippen molar-refractivity contribution in [3.8, 4) is 0 Å². The van der Waals surface area contributed by atoms with Crippen molar-refractivity contribution in [1.82, 2.24) is 14.7 Å². The smallest absolute Gasteiger partial charge is 0.323 e. The third kappa shape index (κ3) is 4.41. The first-order valence-corrected chi connectivity index (χ1v) is 8.02. The first-order chi connectivity index (χ1) is 10.1. The highest BCUT2D eigenvalue weighted by Crippen LogP contribution is 2.11. The maximum absolute atomic E-state index is 12.1. The quantitative estimate of drug-likeness (QED) is 0.678. The van der Waals surface area contributed by atoms with Gasteiger partial charge in [-0.15, -0.1) is 0 Å². The van der Waals surface area contributed by atoms with Crippen LogP contribution in [0.15, 0.2) is 0 Å². The molecule has 1 atom stereocenters. The van der Waals surface area contributed by atoms with Crippen LogP contribution in [0.1, 0.15) is 26.7 Å². The van der Waals surface area contributed by atoms with Gasteiger partial charge in [0.15, 0.2) is 0 Å². The summed E-state index contributed by atoms with van der Waals surface area (Å²) in [5, 5.41) is 0. The van der Waals surface area contributed by atoms with Gasteiger partial charge in [0.2, 0.25) is 5.91 Å². The fraction of sp³-hybridized carbons (Fsp3) is 0.867. The highest BCUT2D eigenvalue weighted by Gasteiger charge is 2.28. The van der Waals surface area contributed by atoms with Crippen LogP contribution in [-0.4, -0.2) is 85.0 Å². The van der Waals surface area contributed by atoms with Gasteiger partial charge in [-0.1, -0.05) is 0 Å². The molecule has 2 saturated heterocycles. The fourth-order valence-electron chi connectivity index (χ4n) is 2.98. The van der Waals surface area contributed by atoms with E-state index in [1.54, 1.807) is 0 Å². The van der Waals surface area contributed by atoms with E-state index < -0.39 is 0 Å². The van der Waals surface area contributed by atoms with Crippen LogP contribution in [0.3, 0.4) is 0 Å². The van der Waals surface area contributed by atoms with E-state index in [2.05, 4.69) is 9.80 Å². The maximum Gasteiger partial charge on any atom is 0.323 e. The van der Waals surface area contributed by atoms with Gasteiger partial charge < -0.3 is 9.64 Å². The molecule has 0 saturated carbocycles. The molecule has 6 nitrogen and oxygen atoms in total. The Morgan fingerprint density at radius 1 is 1.05 bits per heavy atom.